The minimum absolute atomic E-state index is 0.0978. The van der Waals surface area contributed by atoms with Gasteiger partial charge in [-0.05, 0) is 82.5 Å². The van der Waals surface area contributed by atoms with E-state index in [1.807, 2.05) is 6.92 Å². The highest BCUT2D eigenvalue weighted by atomic mass is 16.4. The molecule has 16 N–H and O–H groups in total. The van der Waals surface area contributed by atoms with Gasteiger partial charge < -0.3 is 59.3 Å². The van der Waals surface area contributed by atoms with E-state index in [1.165, 1.54) is 12.1 Å². The molecule has 0 radical (unpaired) electrons. The molecule has 0 fully saturated rings. The number of aryl methyl sites for hydroxylation is 1. The Balaban J connectivity index is 2.32. The predicted octanol–water partition coefficient (Wildman–Crippen LogP) is -0.333. The fourth-order valence-corrected chi connectivity index (χ4v) is 5.37. The lowest BCUT2D eigenvalue weighted by Crippen LogP contribution is -2.57. The van der Waals surface area contributed by atoms with Crippen LogP contribution in [0.3, 0.4) is 0 Å². The lowest BCUT2D eigenvalue weighted by Gasteiger charge is -2.26. The number of hydrogen-bond donors (Lipinski definition) is 12. The van der Waals surface area contributed by atoms with Crippen molar-refractivity contribution in [2.75, 3.05) is 25.0 Å². The van der Waals surface area contributed by atoms with Crippen LogP contribution in [0, 0.1) is 17.7 Å². The number of nitrogens with one attached hydrogen (secondary N) is 8. The summed E-state index contributed by atoms with van der Waals surface area (Å²) >= 11 is 0. The van der Waals surface area contributed by atoms with Crippen LogP contribution in [0.4, 0.5) is 5.69 Å². The molecule has 0 spiro atoms. The van der Waals surface area contributed by atoms with E-state index >= 15 is 0 Å². The summed E-state index contributed by atoms with van der Waals surface area (Å²) in [7, 11) is 0. The van der Waals surface area contributed by atoms with Crippen molar-refractivity contribution in [2.45, 2.75) is 102 Å². The fourth-order valence-electron chi connectivity index (χ4n) is 5.37. The van der Waals surface area contributed by atoms with Crippen molar-refractivity contribution in [3.05, 3.63) is 40.2 Å². The van der Waals surface area contributed by atoms with Crippen molar-refractivity contribution >= 4 is 52.2 Å². The highest BCUT2D eigenvalue weighted by Gasteiger charge is 2.30. The van der Waals surface area contributed by atoms with Crippen molar-refractivity contribution < 1.29 is 23.6 Å². The van der Waals surface area contributed by atoms with Crippen LogP contribution in [-0.4, -0.2) is 79.3 Å². The van der Waals surface area contributed by atoms with Gasteiger partial charge in [-0.2, -0.15) is 0 Å². The van der Waals surface area contributed by atoms with Crippen LogP contribution in [0.1, 0.15) is 76.7 Å². The van der Waals surface area contributed by atoms with Crippen molar-refractivity contribution in [3.8, 4) is 0 Å². The van der Waals surface area contributed by atoms with Gasteiger partial charge in [0.1, 0.15) is 23.7 Å². The second-order valence-corrected chi connectivity index (χ2v) is 12.6. The number of hydrogen-bond acceptors (Lipinski definition) is 10. The van der Waals surface area contributed by atoms with Crippen LogP contribution in [0.25, 0.3) is 11.0 Å². The number of benzene rings is 1. The third-order valence-corrected chi connectivity index (χ3v) is 8.24. The molecule has 0 aliphatic heterocycles. The maximum Gasteiger partial charge on any atom is 0.336 e. The normalized spacial score (nSPS) is 13.2. The van der Waals surface area contributed by atoms with E-state index in [0.29, 0.717) is 55.3 Å². The van der Waals surface area contributed by atoms with Gasteiger partial charge in [-0.1, -0.05) is 19.8 Å². The number of rotatable bonds is 23. The number of carbonyl (C=O) groups excluding carboxylic acids is 4. The largest absolute Gasteiger partial charge is 0.423 e. The van der Waals surface area contributed by atoms with Gasteiger partial charge >= 0.3 is 5.63 Å². The average Bonchev–Trinajstić information content (AvgIpc) is 3.08. The van der Waals surface area contributed by atoms with Crippen LogP contribution >= 0.6 is 0 Å². The number of anilines is 1. The van der Waals surface area contributed by atoms with Gasteiger partial charge in [-0.15, -0.1) is 0 Å². The Morgan fingerprint density at radius 1 is 0.750 bits per heavy atom. The zero-order valence-corrected chi connectivity index (χ0v) is 30.1. The molecule has 0 saturated carbocycles. The van der Waals surface area contributed by atoms with E-state index in [-0.39, 0.29) is 49.9 Å². The molecule has 1 heterocycles. The Labute approximate surface area is 303 Å². The fraction of sp³-hybridized carbons (Fsp3) is 0.559. The van der Waals surface area contributed by atoms with Crippen LogP contribution in [-0.2, 0) is 19.2 Å². The van der Waals surface area contributed by atoms with E-state index in [0.717, 1.165) is 12.8 Å². The Bertz CT molecular complexity index is 1580. The maximum absolute atomic E-state index is 13.9. The molecule has 0 aliphatic carbocycles. The van der Waals surface area contributed by atoms with E-state index in [4.69, 9.17) is 38.2 Å². The van der Waals surface area contributed by atoms with E-state index in [9.17, 15) is 24.0 Å². The van der Waals surface area contributed by atoms with Crippen molar-refractivity contribution in [1.29, 1.82) is 10.8 Å². The van der Waals surface area contributed by atoms with Crippen LogP contribution in [0.15, 0.2) is 33.5 Å². The summed E-state index contributed by atoms with van der Waals surface area (Å²) in [6.45, 7) is 4.62. The smallest absolute Gasteiger partial charge is 0.336 e. The van der Waals surface area contributed by atoms with Crippen molar-refractivity contribution in [3.63, 3.8) is 0 Å². The summed E-state index contributed by atoms with van der Waals surface area (Å²) in [5.74, 6) is -2.84. The quantitative estimate of drug-likeness (QED) is 0.0303. The number of amides is 4. The molecule has 2 rings (SSSR count). The molecule has 18 nitrogen and oxygen atoms in total. The summed E-state index contributed by atoms with van der Waals surface area (Å²) < 4.78 is 5.30. The third-order valence-electron chi connectivity index (χ3n) is 8.24. The zero-order chi connectivity index (χ0) is 38.6. The molecular weight excluding hydrogens is 672 g/mol. The molecule has 0 unspecified atom stereocenters. The molecule has 52 heavy (non-hydrogen) atoms. The van der Waals surface area contributed by atoms with Crippen molar-refractivity contribution in [2.24, 2.45) is 22.9 Å². The Hall–Kier alpha value is -5.23. The summed E-state index contributed by atoms with van der Waals surface area (Å²) in [5, 5.41) is 31.8. The van der Waals surface area contributed by atoms with E-state index in [1.54, 1.807) is 19.1 Å². The summed E-state index contributed by atoms with van der Waals surface area (Å²) in [4.78, 5) is 66.0. The minimum atomic E-state index is -1.15. The second-order valence-electron chi connectivity index (χ2n) is 12.6. The lowest BCUT2D eigenvalue weighted by molar-refractivity contribution is -0.133. The first-order chi connectivity index (χ1) is 24.7. The zero-order valence-electron chi connectivity index (χ0n) is 30.1. The van der Waals surface area contributed by atoms with Gasteiger partial charge in [0, 0.05) is 36.3 Å². The van der Waals surface area contributed by atoms with E-state index < -0.39 is 53.4 Å². The first-order valence-corrected chi connectivity index (χ1v) is 17.6. The molecule has 288 valence electrons. The predicted molar refractivity (Wildman–Crippen MR) is 200 cm³/mol. The number of guanidine groups is 2. The molecule has 0 aliphatic rings. The van der Waals surface area contributed by atoms with Crippen LogP contribution < -0.4 is 60.5 Å². The summed E-state index contributed by atoms with van der Waals surface area (Å²) in [5.41, 5.74) is 23.3. The molecular formula is C34H56N12O6. The highest BCUT2D eigenvalue weighted by molar-refractivity contribution is 6.00. The van der Waals surface area contributed by atoms with Gasteiger partial charge in [-0.3, -0.25) is 30.0 Å². The van der Waals surface area contributed by atoms with Crippen molar-refractivity contribution in [1.82, 2.24) is 26.6 Å². The number of carbonyl (C=O) groups is 4. The van der Waals surface area contributed by atoms with E-state index in [2.05, 4.69) is 31.9 Å². The molecule has 4 atom stereocenters. The highest BCUT2D eigenvalue weighted by Crippen LogP contribution is 2.21. The standard InChI is InChI=1S/C34H56N12O6/c1-3-4-9-23(36)29(48)44-24(10-5-6-15-35)31(50)46-26(12-8-17-42-34(39)40)32(51)45-25(11-7-16-41-33(37)38)30(49)43-21-13-14-22-20(2)18-28(47)52-27(22)19-21/h13-14,18-19,23-26H,3-12,15-17,35-36H2,1-2H3,(H,43,49)(H,44,48)(H,45,51)(H,46,50)(H4,37,38,41)(H4,39,40,42)/t23-,24-,25-,26-/m0/s1. The number of fused-ring (bicyclic) bond motifs is 1. The topological polar surface area (TPSA) is 322 Å². The summed E-state index contributed by atoms with van der Waals surface area (Å²) in [6.07, 6.45) is 4.31. The monoisotopic (exact) mass is 728 g/mol. The van der Waals surface area contributed by atoms with Gasteiger partial charge in [0.15, 0.2) is 11.9 Å². The lowest BCUT2D eigenvalue weighted by atomic mass is 10.0. The summed E-state index contributed by atoms with van der Waals surface area (Å²) in [6, 6.07) is 2.17. The van der Waals surface area contributed by atoms with Gasteiger partial charge in [0.05, 0.1) is 6.04 Å². The Kier molecular flexibility index (Phi) is 18.6. The maximum atomic E-state index is 13.9. The molecule has 4 amide bonds. The van der Waals surface area contributed by atoms with Crippen LogP contribution in [0.5, 0.6) is 0 Å². The number of unbranched alkanes of at least 4 members (excludes halogenated alkanes) is 2. The van der Waals surface area contributed by atoms with Gasteiger partial charge in [-0.25, -0.2) is 4.79 Å². The molecule has 1 aromatic heterocycles. The minimum Gasteiger partial charge on any atom is -0.423 e. The molecule has 18 heteroatoms. The number of nitrogens with two attached hydrogens (primary N) is 4. The molecule has 0 saturated heterocycles. The first kappa shape index (κ1) is 42.9. The third kappa shape index (κ3) is 15.3. The molecule has 0 bridgehead atoms. The Morgan fingerprint density at radius 2 is 1.29 bits per heavy atom. The first-order valence-electron chi connectivity index (χ1n) is 17.6. The SMILES string of the molecule is CCCC[C@H](N)C(=O)N[C@@H](CCCCN)C(=O)N[C@@H](CCCNC(=N)N)C(=O)N[C@@H](CCCNC(=N)N)C(=O)Nc1ccc2c(C)cc(=O)oc2c1. The van der Waals surface area contributed by atoms with Gasteiger partial charge in [0.25, 0.3) is 0 Å². The average molecular weight is 729 g/mol. The van der Waals surface area contributed by atoms with Gasteiger partial charge in [0.2, 0.25) is 23.6 Å². The second kappa shape index (κ2) is 22.6. The Morgan fingerprint density at radius 3 is 1.83 bits per heavy atom. The van der Waals surface area contributed by atoms with Crippen LogP contribution in [0.2, 0.25) is 0 Å². The molecule has 2 aromatic rings. The molecule has 1 aromatic carbocycles.